The molecule has 2 amide bonds. The van der Waals surface area contributed by atoms with Crippen molar-refractivity contribution in [1.82, 2.24) is 14.4 Å². The van der Waals surface area contributed by atoms with Crippen molar-refractivity contribution in [3.8, 4) is 5.75 Å². The molecule has 0 N–H and O–H groups in total. The van der Waals surface area contributed by atoms with E-state index in [1.807, 2.05) is 29.2 Å². The Kier molecular flexibility index (Phi) is 8.44. The third kappa shape index (κ3) is 6.20. The highest BCUT2D eigenvalue weighted by Gasteiger charge is 2.23. The second kappa shape index (κ2) is 11.5. The van der Waals surface area contributed by atoms with Crippen molar-refractivity contribution in [2.24, 2.45) is 0 Å². The lowest BCUT2D eigenvalue weighted by Crippen LogP contribution is -2.37. The fourth-order valence-corrected chi connectivity index (χ4v) is 3.78. The Morgan fingerprint density at radius 2 is 1.66 bits per heavy atom. The number of carbonyl (C=O) groups excluding carboxylic acids is 2. The van der Waals surface area contributed by atoms with Gasteiger partial charge in [-0.05, 0) is 36.6 Å². The van der Waals surface area contributed by atoms with Gasteiger partial charge in [0.2, 0.25) is 5.91 Å². The Bertz CT molecular complexity index is 970. The van der Waals surface area contributed by atoms with Gasteiger partial charge in [0.25, 0.3) is 11.5 Å². The molecule has 0 saturated carbocycles. The van der Waals surface area contributed by atoms with Crippen molar-refractivity contribution in [3.05, 3.63) is 64.1 Å². The monoisotopic (exact) mass is 441 g/mol. The van der Waals surface area contributed by atoms with Crippen molar-refractivity contribution >= 4 is 11.8 Å². The van der Waals surface area contributed by atoms with Crippen LogP contribution in [0.25, 0.3) is 0 Å². The maximum Gasteiger partial charge on any atom is 0.255 e. The molecular formula is C24H31N3O5. The SMILES string of the molecule is COCCn1cc(C(=O)N2CCCN(C(=O)CCc3ccc(OC)cc3)CC2)ccc1=O. The van der Waals surface area contributed by atoms with Gasteiger partial charge in [-0.2, -0.15) is 0 Å². The first kappa shape index (κ1) is 23.5. The number of aryl methyl sites for hydroxylation is 1. The Hall–Kier alpha value is -3.13. The van der Waals surface area contributed by atoms with Crippen molar-refractivity contribution in [2.75, 3.05) is 47.0 Å². The van der Waals surface area contributed by atoms with E-state index in [4.69, 9.17) is 9.47 Å². The standard InChI is InChI=1S/C24H31N3O5/c1-31-17-16-27-18-20(7-11-23(27)29)24(30)26-13-3-12-25(14-15-26)22(28)10-6-19-4-8-21(32-2)9-5-19/h4-5,7-9,11,18H,3,6,10,12-17H2,1-2H3. The number of pyridine rings is 1. The predicted octanol–water partition coefficient (Wildman–Crippen LogP) is 1.81. The van der Waals surface area contributed by atoms with Gasteiger partial charge in [0.1, 0.15) is 5.75 Å². The highest BCUT2D eigenvalue weighted by Crippen LogP contribution is 2.14. The summed E-state index contributed by atoms with van der Waals surface area (Å²) in [4.78, 5) is 41.3. The Balaban J connectivity index is 1.55. The molecule has 2 heterocycles. The molecule has 1 aliphatic heterocycles. The summed E-state index contributed by atoms with van der Waals surface area (Å²) in [5.74, 6) is 0.776. The topological polar surface area (TPSA) is 81.1 Å². The Labute approximate surface area is 188 Å². The number of hydrogen-bond acceptors (Lipinski definition) is 5. The summed E-state index contributed by atoms with van der Waals surface area (Å²) in [5, 5.41) is 0. The molecule has 8 heteroatoms. The second-order valence-electron chi connectivity index (χ2n) is 7.82. The quantitative estimate of drug-likeness (QED) is 0.624. The van der Waals surface area contributed by atoms with E-state index in [1.54, 1.807) is 31.4 Å². The van der Waals surface area contributed by atoms with Crippen LogP contribution >= 0.6 is 0 Å². The van der Waals surface area contributed by atoms with E-state index < -0.39 is 0 Å². The number of ether oxygens (including phenoxy) is 2. The van der Waals surface area contributed by atoms with Crippen LogP contribution in [0, 0.1) is 0 Å². The molecule has 0 bridgehead atoms. The minimum atomic E-state index is -0.164. The van der Waals surface area contributed by atoms with Gasteiger partial charge in [-0.1, -0.05) is 12.1 Å². The summed E-state index contributed by atoms with van der Waals surface area (Å²) in [6, 6.07) is 10.7. The molecule has 1 saturated heterocycles. The summed E-state index contributed by atoms with van der Waals surface area (Å²) in [5.41, 5.74) is 1.40. The number of carbonyl (C=O) groups is 2. The number of rotatable bonds is 8. The molecule has 0 spiro atoms. The van der Waals surface area contributed by atoms with Gasteiger partial charge in [-0.25, -0.2) is 0 Å². The van der Waals surface area contributed by atoms with Crippen LogP contribution in [0.4, 0.5) is 0 Å². The molecule has 172 valence electrons. The smallest absolute Gasteiger partial charge is 0.255 e. The first-order valence-electron chi connectivity index (χ1n) is 10.9. The molecule has 1 aromatic carbocycles. The van der Waals surface area contributed by atoms with E-state index in [-0.39, 0.29) is 17.4 Å². The van der Waals surface area contributed by atoms with E-state index in [9.17, 15) is 14.4 Å². The van der Waals surface area contributed by atoms with Crippen LogP contribution < -0.4 is 10.3 Å². The van der Waals surface area contributed by atoms with Gasteiger partial charge in [0.15, 0.2) is 0 Å². The van der Waals surface area contributed by atoms with Crippen molar-refractivity contribution in [2.45, 2.75) is 25.8 Å². The van der Waals surface area contributed by atoms with Crippen LogP contribution in [-0.4, -0.2) is 73.2 Å². The van der Waals surface area contributed by atoms with Gasteiger partial charge in [-0.3, -0.25) is 14.4 Å². The normalized spacial score (nSPS) is 14.2. The van der Waals surface area contributed by atoms with Crippen LogP contribution in [0.3, 0.4) is 0 Å². The first-order valence-corrected chi connectivity index (χ1v) is 10.9. The molecule has 1 aliphatic rings. The third-order valence-electron chi connectivity index (χ3n) is 5.69. The number of methoxy groups -OCH3 is 2. The van der Waals surface area contributed by atoms with Crippen molar-refractivity contribution < 1.29 is 19.1 Å². The molecule has 3 rings (SSSR count). The number of benzene rings is 1. The van der Waals surface area contributed by atoms with Gasteiger partial charge in [-0.15, -0.1) is 0 Å². The van der Waals surface area contributed by atoms with E-state index in [2.05, 4.69) is 0 Å². The zero-order chi connectivity index (χ0) is 22.9. The zero-order valence-corrected chi connectivity index (χ0v) is 18.8. The van der Waals surface area contributed by atoms with Crippen LogP contribution in [0.2, 0.25) is 0 Å². The van der Waals surface area contributed by atoms with E-state index in [0.717, 1.165) is 17.7 Å². The molecule has 0 radical (unpaired) electrons. The largest absolute Gasteiger partial charge is 0.497 e. The predicted molar refractivity (Wildman–Crippen MR) is 121 cm³/mol. The fraction of sp³-hybridized carbons (Fsp3) is 0.458. The number of aromatic nitrogens is 1. The lowest BCUT2D eigenvalue weighted by atomic mass is 10.1. The second-order valence-corrected chi connectivity index (χ2v) is 7.82. The Morgan fingerprint density at radius 1 is 0.938 bits per heavy atom. The van der Waals surface area contributed by atoms with Crippen molar-refractivity contribution in [1.29, 1.82) is 0 Å². The lowest BCUT2D eigenvalue weighted by molar-refractivity contribution is -0.131. The molecule has 0 unspecified atom stereocenters. The van der Waals surface area contributed by atoms with Crippen LogP contribution in [0.5, 0.6) is 5.75 Å². The first-order chi connectivity index (χ1) is 15.5. The molecule has 2 aromatic rings. The van der Waals surface area contributed by atoms with Crippen molar-refractivity contribution in [3.63, 3.8) is 0 Å². The summed E-state index contributed by atoms with van der Waals surface area (Å²) >= 11 is 0. The maximum atomic E-state index is 13.0. The Morgan fingerprint density at radius 3 is 2.38 bits per heavy atom. The van der Waals surface area contributed by atoms with Gasteiger partial charge >= 0.3 is 0 Å². The average Bonchev–Trinajstić information content (AvgIpc) is 3.08. The third-order valence-corrected chi connectivity index (χ3v) is 5.69. The van der Waals surface area contributed by atoms with Gasteiger partial charge in [0, 0.05) is 58.5 Å². The van der Waals surface area contributed by atoms with E-state index in [1.165, 1.54) is 10.6 Å². The summed E-state index contributed by atoms with van der Waals surface area (Å²) in [6.07, 6.45) is 3.42. The number of hydrogen-bond donors (Lipinski definition) is 0. The average molecular weight is 442 g/mol. The van der Waals surface area contributed by atoms with E-state index in [0.29, 0.717) is 57.7 Å². The number of amides is 2. The summed E-state index contributed by atoms with van der Waals surface area (Å²) in [6.45, 7) is 3.00. The van der Waals surface area contributed by atoms with Crippen LogP contribution in [0.15, 0.2) is 47.4 Å². The van der Waals surface area contributed by atoms with Crippen LogP contribution in [0.1, 0.15) is 28.8 Å². The fourth-order valence-electron chi connectivity index (χ4n) is 3.78. The molecule has 1 aromatic heterocycles. The molecule has 0 aliphatic carbocycles. The molecule has 1 fully saturated rings. The van der Waals surface area contributed by atoms with Gasteiger partial charge < -0.3 is 23.8 Å². The minimum absolute atomic E-state index is 0.100. The molecule has 8 nitrogen and oxygen atoms in total. The summed E-state index contributed by atoms with van der Waals surface area (Å²) < 4.78 is 11.7. The maximum absolute atomic E-state index is 13.0. The van der Waals surface area contributed by atoms with Gasteiger partial charge in [0.05, 0.1) is 19.3 Å². The highest BCUT2D eigenvalue weighted by atomic mass is 16.5. The molecule has 32 heavy (non-hydrogen) atoms. The zero-order valence-electron chi connectivity index (χ0n) is 18.8. The van der Waals surface area contributed by atoms with E-state index >= 15 is 0 Å². The van der Waals surface area contributed by atoms with Crippen LogP contribution in [-0.2, 0) is 22.5 Å². The molecule has 0 atom stereocenters. The summed E-state index contributed by atoms with van der Waals surface area (Å²) in [7, 11) is 3.20. The lowest BCUT2D eigenvalue weighted by Gasteiger charge is -2.22. The number of nitrogens with zero attached hydrogens (tertiary/aromatic N) is 3. The molecular weight excluding hydrogens is 410 g/mol. The minimum Gasteiger partial charge on any atom is -0.497 e. The highest BCUT2D eigenvalue weighted by molar-refractivity contribution is 5.94.